The predicted octanol–water partition coefficient (Wildman–Crippen LogP) is 2.86. The van der Waals surface area contributed by atoms with Gasteiger partial charge in [0.2, 0.25) is 0 Å². The van der Waals surface area contributed by atoms with Gasteiger partial charge in [0, 0.05) is 6.20 Å². The van der Waals surface area contributed by atoms with E-state index in [2.05, 4.69) is 10.3 Å². The molecule has 1 aliphatic heterocycles. The second-order valence-corrected chi connectivity index (χ2v) is 5.54. The van der Waals surface area contributed by atoms with Gasteiger partial charge in [-0.05, 0) is 50.3 Å². The number of nitrogens with one attached hydrogen (secondary N) is 1. The summed E-state index contributed by atoms with van der Waals surface area (Å²) >= 11 is 0. The Kier molecular flexibility index (Phi) is 3.25. The quantitative estimate of drug-likeness (QED) is 0.890. The zero-order chi connectivity index (χ0) is 12.4. The molecule has 98 valence electrons. The molecule has 0 spiro atoms. The van der Waals surface area contributed by atoms with Gasteiger partial charge in [0.25, 0.3) is 0 Å². The molecule has 1 aromatic rings. The summed E-state index contributed by atoms with van der Waals surface area (Å²) in [6, 6.07) is 4.00. The van der Waals surface area contributed by atoms with Gasteiger partial charge in [0.05, 0.1) is 12.6 Å². The van der Waals surface area contributed by atoms with Crippen LogP contribution in [0.15, 0.2) is 18.3 Å². The average molecular weight is 246 g/mol. The Labute approximate surface area is 109 Å². The largest absolute Gasteiger partial charge is 0.495 e. The van der Waals surface area contributed by atoms with Gasteiger partial charge in [0.1, 0.15) is 11.4 Å². The van der Waals surface area contributed by atoms with E-state index in [1.54, 1.807) is 7.11 Å². The summed E-state index contributed by atoms with van der Waals surface area (Å²) in [5, 5.41) is 3.81. The molecule has 1 atom stereocenters. The van der Waals surface area contributed by atoms with Crippen molar-refractivity contribution in [3.05, 3.63) is 24.0 Å². The smallest absolute Gasteiger partial charge is 0.142 e. The molecule has 1 saturated heterocycles. The lowest BCUT2D eigenvalue weighted by Crippen LogP contribution is -2.44. The Morgan fingerprint density at radius 1 is 1.33 bits per heavy atom. The first-order chi connectivity index (χ1) is 8.87. The maximum atomic E-state index is 5.54. The molecule has 0 bridgehead atoms. The first-order valence-electron chi connectivity index (χ1n) is 7.11. The number of hydrogen-bond acceptors (Lipinski definition) is 3. The Morgan fingerprint density at radius 3 is 3.00 bits per heavy atom. The van der Waals surface area contributed by atoms with Gasteiger partial charge in [-0.2, -0.15) is 0 Å². The minimum absolute atomic E-state index is 0.0725. The second-order valence-electron chi connectivity index (χ2n) is 5.54. The first-order valence-corrected chi connectivity index (χ1v) is 7.11. The lowest BCUT2D eigenvalue weighted by atomic mass is 9.84. The van der Waals surface area contributed by atoms with Crippen molar-refractivity contribution < 1.29 is 4.74 Å². The third-order valence-corrected chi connectivity index (χ3v) is 4.38. The number of ether oxygens (including phenoxy) is 1. The van der Waals surface area contributed by atoms with Crippen LogP contribution in [0.25, 0.3) is 0 Å². The first kappa shape index (κ1) is 12.0. The molecule has 1 aliphatic carbocycles. The maximum absolute atomic E-state index is 5.54. The molecule has 0 radical (unpaired) electrons. The minimum Gasteiger partial charge on any atom is -0.495 e. The van der Waals surface area contributed by atoms with Crippen LogP contribution in [-0.4, -0.2) is 18.6 Å². The van der Waals surface area contributed by atoms with Crippen molar-refractivity contribution >= 4 is 0 Å². The van der Waals surface area contributed by atoms with E-state index in [0.29, 0.717) is 0 Å². The van der Waals surface area contributed by atoms with E-state index < -0.39 is 0 Å². The van der Waals surface area contributed by atoms with Gasteiger partial charge in [-0.15, -0.1) is 0 Å². The molecule has 18 heavy (non-hydrogen) atoms. The van der Waals surface area contributed by atoms with Gasteiger partial charge in [0.15, 0.2) is 0 Å². The highest BCUT2D eigenvalue weighted by Gasteiger charge is 2.48. The van der Waals surface area contributed by atoms with E-state index in [1.807, 2.05) is 18.3 Å². The molecule has 1 unspecified atom stereocenters. The minimum atomic E-state index is 0.0725. The Morgan fingerprint density at radius 2 is 2.22 bits per heavy atom. The molecule has 1 N–H and O–H groups in total. The highest BCUT2D eigenvalue weighted by Crippen LogP contribution is 2.50. The summed E-state index contributed by atoms with van der Waals surface area (Å²) in [5.74, 6) is 1.69. The average Bonchev–Trinajstić information content (AvgIpc) is 3.25. The standard InChI is InChI=1S/C15H22N2O/c1-18-13-6-5-10-16-14(13)15(12-7-8-12)9-3-2-4-11-17-15/h5-6,10,12,17H,2-4,7-9,11H2,1H3. The van der Waals surface area contributed by atoms with Gasteiger partial charge in [-0.25, -0.2) is 0 Å². The number of pyridine rings is 1. The van der Waals surface area contributed by atoms with Crippen LogP contribution in [0.1, 0.15) is 44.2 Å². The topological polar surface area (TPSA) is 34.1 Å². The van der Waals surface area contributed by atoms with Crippen LogP contribution in [0, 0.1) is 5.92 Å². The van der Waals surface area contributed by atoms with Gasteiger partial charge in [-0.1, -0.05) is 12.8 Å². The lowest BCUT2D eigenvalue weighted by Gasteiger charge is -2.34. The van der Waals surface area contributed by atoms with E-state index in [9.17, 15) is 0 Å². The fourth-order valence-corrected chi connectivity index (χ4v) is 3.32. The van der Waals surface area contributed by atoms with Crippen molar-refractivity contribution in [3.8, 4) is 5.75 Å². The van der Waals surface area contributed by atoms with Gasteiger partial charge in [-0.3, -0.25) is 4.98 Å². The number of aromatic nitrogens is 1. The van der Waals surface area contributed by atoms with E-state index in [1.165, 1.54) is 38.5 Å². The van der Waals surface area contributed by atoms with Crippen LogP contribution in [0.3, 0.4) is 0 Å². The van der Waals surface area contributed by atoms with Crippen molar-refractivity contribution in [2.75, 3.05) is 13.7 Å². The summed E-state index contributed by atoms with van der Waals surface area (Å²) in [5.41, 5.74) is 1.21. The van der Waals surface area contributed by atoms with Crippen molar-refractivity contribution in [1.29, 1.82) is 0 Å². The Balaban J connectivity index is 2.02. The van der Waals surface area contributed by atoms with Crippen LogP contribution >= 0.6 is 0 Å². The van der Waals surface area contributed by atoms with E-state index in [0.717, 1.165) is 23.9 Å². The summed E-state index contributed by atoms with van der Waals surface area (Å²) in [6.45, 7) is 1.11. The number of rotatable bonds is 3. The summed E-state index contributed by atoms with van der Waals surface area (Å²) in [6.07, 6.45) is 9.66. The molecule has 2 fully saturated rings. The van der Waals surface area contributed by atoms with E-state index in [-0.39, 0.29) is 5.54 Å². The molecule has 1 aromatic heterocycles. The molecule has 2 aliphatic rings. The van der Waals surface area contributed by atoms with Crippen molar-refractivity contribution in [2.24, 2.45) is 5.92 Å². The van der Waals surface area contributed by atoms with E-state index >= 15 is 0 Å². The van der Waals surface area contributed by atoms with Crippen LogP contribution in [0.4, 0.5) is 0 Å². The van der Waals surface area contributed by atoms with Crippen LogP contribution in [0.2, 0.25) is 0 Å². The summed E-state index contributed by atoms with van der Waals surface area (Å²) < 4.78 is 5.54. The number of hydrogen-bond donors (Lipinski definition) is 1. The Bertz CT molecular complexity index is 407. The number of methoxy groups -OCH3 is 1. The fraction of sp³-hybridized carbons (Fsp3) is 0.667. The third kappa shape index (κ3) is 2.01. The molecule has 3 rings (SSSR count). The lowest BCUT2D eigenvalue weighted by molar-refractivity contribution is 0.257. The highest BCUT2D eigenvalue weighted by atomic mass is 16.5. The van der Waals surface area contributed by atoms with Crippen molar-refractivity contribution in [3.63, 3.8) is 0 Å². The molecule has 0 amide bonds. The van der Waals surface area contributed by atoms with Crippen LogP contribution in [-0.2, 0) is 5.54 Å². The molecule has 2 heterocycles. The molecule has 1 saturated carbocycles. The maximum Gasteiger partial charge on any atom is 0.142 e. The number of nitrogens with zero attached hydrogens (tertiary/aromatic N) is 1. The van der Waals surface area contributed by atoms with Gasteiger partial charge >= 0.3 is 0 Å². The zero-order valence-electron chi connectivity index (χ0n) is 11.1. The van der Waals surface area contributed by atoms with E-state index in [4.69, 9.17) is 4.74 Å². The van der Waals surface area contributed by atoms with Crippen molar-refractivity contribution in [2.45, 2.75) is 44.1 Å². The fourth-order valence-electron chi connectivity index (χ4n) is 3.32. The predicted molar refractivity (Wildman–Crippen MR) is 71.7 cm³/mol. The van der Waals surface area contributed by atoms with Crippen LogP contribution in [0.5, 0.6) is 5.75 Å². The summed E-state index contributed by atoms with van der Waals surface area (Å²) in [4.78, 5) is 4.66. The second kappa shape index (κ2) is 4.88. The molecule has 0 aromatic carbocycles. The van der Waals surface area contributed by atoms with Crippen LogP contribution < -0.4 is 10.1 Å². The SMILES string of the molecule is COc1cccnc1C1(C2CC2)CCCCCN1. The monoisotopic (exact) mass is 246 g/mol. The molecular formula is C15H22N2O. The van der Waals surface area contributed by atoms with Crippen molar-refractivity contribution in [1.82, 2.24) is 10.3 Å². The Hall–Kier alpha value is -1.09. The molecule has 3 nitrogen and oxygen atoms in total. The zero-order valence-corrected chi connectivity index (χ0v) is 11.1. The third-order valence-electron chi connectivity index (χ3n) is 4.38. The normalized spacial score (nSPS) is 28.7. The highest BCUT2D eigenvalue weighted by molar-refractivity contribution is 5.35. The molecule has 3 heteroatoms. The van der Waals surface area contributed by atoms with Gasteiger partial charge < -0.3 is 10.1 Å². The molecular weight excluding hydrogens is 224 g/mol. The summed E-state index contributed by atoms with van der Waals surface area (Å²) in [7, 11) is 1.75.